The van der Waals surface area contributed by atoms with Gasteiger partial charge in [0.15, 0.2) is 0 Å². The molecule has 1 aromatic carbocycles. The minimum Gasteiger partial charge on any atom is -0.497 e. The molecule has 0 bridgehead atoms. The van der Waals surface area contributed by atoms with E-state index < -0.39 is 0 Å². The summed E-state index contributed by atoms with van der Waals surface area (Å²) in [4.78, 5) is 11.7. The third kappa shape index (κ3) is 3.20. The number of hydrogen-bond acceptors (Lipinski definition) is 4. The molecule has 19 heavy (non-hydrogen) atoms. The Balaban J connectivity index is 2.36. The Morgan fingerprint density at radius 3 is 2.53 bits per heavy atom. The Morgan fingerprint density at radius 2 is 1.95 bits per heavy atom. The van der Waals surface area contributed by atoms with Gasteiger partial charge in [0.1, 0.15) is 5.75 Å². The maximum Gasteiger partial charge on any atom is 0.266 e. The largest absolute Gasteiger partial charge is 0.497 e. The lowest BCUT2D eigenvalue weighted by molar-refractivity contribution is 0.415. The molecule has 1 heterocycles. The van der Waals surface area contributed by atoms with E-state index in [0.29, 0.717) is 6.54 Å². The summed E-state index contributed by atoms with van der Waals surface area (Å²) in [6.45, 7) is 2.25. The third-order valence-electron chi connectivity index (χ3n) is 2.71. The quantitative estimate of drug-likeness (QED) is 0.897. The van der Waals surface area contributed by atoms with Gasteiger partial charge in [-0.1, -0.05) is 0 Å². The van der Waals surface area contributed by atoms with Gasteiger partial charge in [0.2, 0.25) is 0 Å². The lowest BCUT2D eigenvalue weighted by atomic mass is 10.1. The maximum atomic E-state index is 11.7. The third-order valence-corrected chi connectivity index (χ3v) is 2.71. The van der Waals surface area contributed by atoms with E-state index in [1.165, 1.54) is 10.7 Å². The molecule has 1 atom stereocenters. The summed E-state index contributed by atoms with van der Waals surface area (Å²) in [7, 11) is 1.62. The summed E-state index contributed by atoms with van der Waals surface area (Å²) in [5.41, 5.74) is 7.23. The molecule has 0 saturated heterocycles. The first-order valence-electron chi connectivity index (χ1n) is 6.08. The minimum atomic E-state index is -0.144. The van der Waals surface area contributed by atoms with E-state index in [-0.39, 0.29) is 11.6 Å². The summed E-state index contributed by atoms with van der Waals surface area (Å²) in [5, 5.41) is 4.32. The summed E-state index contributed by atoms with van der Waals surface area (Å²) < 4.78 is 6.50. The molecule has 5 heteroatoms. The van der Waals surface area contributed by atoms with Crippen LogP contribution >= 0.6 is 0 Å². The van der Waals surface area contributed by atoms with E-state index in [1.807, 2.05) is 31.2 Å². The summed E-state index contributed by atoms with van der Waals surface area (Å²) in [5.74, 6) is 0.785. The molecule has 2 N–H and O–H groups in total. The van der Waals surface area contributed by atoms with Crippen molar-refractivity contribution in [2.45, 2.75) is 19.5 Å². The molecule has 0 aliphatic rings. The van der Waals surface area contributed by atoms with Gasteiger partial charge in [0, 0.05) is 17.7 Å². The molecule has 2 rings (SSSR count). The first-order chi connectivity index (χ1) is 9.10. The zero-order chi connectivity index (χ0) is 13.8. The van der Waals surface area contributed by atoms with Crippen molar-refractivity contribution in [2.24, 2.45) is 5.73 Å². The van der Waals surface area contributed by atoms with Crippen molar-refractivity contribution in [1.82, 2.24) is 9.78 Å². The van der Waals surface area contributed by atoms with Crippen molar-refractivity contribution in [2.75, 3.05) is 7.11 Å². The fraction of sp³-hybridized carbons (Fsp3) is 0.286. The first-order valence-corrected chi connectivity index (χ1v) is 6.08. The summed E-state index contributed by atoms with van der Waals surface area (Å²) >= 11 is 0. The monoisotopic (exact) mass is 259 g/mol. The highest BCUT2D eigenvalue weighted by molar-refractivity contribution is 5.59. The molecule has 1 aromatic heterocycles. The highest BCUT2D eigenvalue weighted by Crippen LogP contribution is 2.19. The molecule has 0 amide bonds. The van der Waals surface area contributed by atoms with E-state index in [4.69, 9.17) is 10.5 Å². The average Bonchev–Trinajstić information content (AvgIpc) is 2.41. The number of hydrogen-bond donors (Lipinski definition) is 1. The number of ether oxygens (including phenoxy) is 1. The molecule has 5 nitrogen and oxygen atoms in total. The highest BCUT2D eigenvalue weighted by Gasteiger charge is 2.05. The highest BCUT2D eigenvalue weighted by atomic mass is 16.5. The summed E-state index contributed by atoms with van der Waals surface area (Å²) in [6, 6.07) is 10.6. The standard InChI is InChI=1S/C14H17N3O2/c1-10(15)9-17-14(18)8-7-13(16-17)11-3-5-12(19-2)6-4-11/h3-8,10H,9,15H2,1-2H3/t10-/m0/s1. The van der Waals surface area contributed by atoms with Crippen LogP contribution in [0.25, 0.3) is 11.3 Å². The van der Waals surface area contributed by atoms with Crippen LogP contribution < -0.4 is 16.0 Å². The first kappa shape index (κ1) is 13.3. The van der Waals surface area contributed by atoms with Crippen molar-refractivity contribution in [1.29, 1.82) is 0 Å². The second-order valence-corrected chi connectivity index (χ2v) is 4.44. The molecule has 0 spiro atoms. The topological polar surface area (TPSA) is 70.1 Å². The van der Waals surface area contributed by atoms with E-state index in [9.17, 15) is 4.79 Å². The van der Waals surface area contributed by atoms with Crippen LogP contribution in [-0.4, -0.2) is 22.9 Å². The average molecular weight is 259 g/mol. The van der Waals surface area contributed by atoms with Crippen molar-refractivity contribution in [3.8, 4) is 17.0 Å². The van der Waals surface area contributed by atoms with Gasteiger partial charge in [-0.05, 0) is 37.3 Å². The molecule has 0 aliphatic heterocycles. The SMILES string of the molecule is COc1ccc(-c2ccc(=O)n(C[C@H](C)N)n2)cc1. The molecule has 0 saturated carbocycles. The Hall–Kier alpha value is -2.14. The Labute approximate surface area is 111 Å². The van der Waals surface area contributed by atoms with Gasteiger partial charge in [-0.3, -0.25) is 4.79 Å². The predicted molar refractivity (Wildman–Crippen MR) is 74.1 cm³/mol. The second kappa shape index (κ2) is 5.67. The maximum absolute atomic E-state index is 11.7. The number of aromatic nitrogens is 2. The second-order valence-electron chi connectivity index (χ2n) is 4.44. The van der Waals surface area contributed by atoms with E-state index in [0.717, 1.165) is 17.0 Å². The number of benzene rings is 1. The molecule has 0 aliphatic carbocycles. The molecule has 100 valence electrons. The van der Waals surface area contributed by atoms with Crippen LogP contribution in [-0.2, 0) is 6.54 Å². The van der Waals surface area contributed by atoms with Crippen LogP contribution in [0.1, 0.15) is 6.92 Å². The van der Waals surface area contributed by atoms with Crippen molar-refractivity contribution < 1.29 is 4.74 Å². The molecular formula is C14H17N3O2. The van der Waals surface area contributed by atoms with Crippen LogP contribution in [0, 0.1) is 0 Å². The Kier molecular flexibility index (Phi) is 3.97. The zero-order valence-corrected chi connectivity index (χ0v) is 11.0. The minimum absolute atomic E-state index is 0.115. The fourth-order valence-corrected chi connectivity index (χ4v) is 1.77. The van der Waals surface area contributed by atoms with Gasteiger partial charge in [-0.25, -0.2) is 4.68 Å². The molecule has 0 fully saturated rings. The molecular weight excluding hydrogens is 242 g/mol. The van der Waals surface area contributed by atoms with Crippen molar-refractivity contribution in [3.05, 3.63) is 46.8 Å². The van der Waals surface area contributed by atoms with Gasteiger partial charge in [-0.2, -0.15) is 5.10 Å². The van der Waals surface area contributed by atoms with Crippen LogP contribution in [0.2, 0.25) is 0 Å². The van der Waals surface area contributed by atoms with Crippen LogP contribution in [0.4, 0.5) is 0 Å². The normalized spacial score (nSPS) is 12.2. The van der Waals surface area contributed by atoms with Gasteiger partial charge in [-0.15, -0.1) is 0 Å². The number of rotatable bonds is 4. The number of nitrogens with zero attached hydrogens (tertiary/aromatic N) is 2. The molecule has 0 unspecified atom stereocenters. The summed E-state index contributed by atoms with van der Waals surface area (Å²) in [6.07, 6.45) is 0. The van der Waals surface area contributed by atoms with Crippen LogP contribution in [0.15, 0.2) is 41.2 Å². The van der Waals surface area contributed by atoms with Crippen LogP contribution in [0.5, 0.6) is 5.75 Å². The fourth-order valence-electron chi connectivity index (χ4n) is 1.77. The predicted octanol–water partition coefficient (Wildman–Crippen LogP) is 1.27. The van der Waals surface area contributed by atoms with Crippen molar-refractivity contribution >= 4 is 0 Å². The van der Waals surface area contributed by atoms with E-state index >= 15 is 0 Å². The lowest BCUT2D eigenvalue weighted by Gasteiger charge is -2.09. The molecule has 2 aromatic rings. The molecule has 0 radical (unpaired) electrons. The van der Waals surface area contributed by atoms with Gasteiger partial charge in [0.25, 0.3) is 5.56 Å². The number of methoxy groups -OCH3 is 1. The Bertz CT molecular complexity index is 603. The van der Waals surface area contributed by atoms with E-state index in [1.54, 1.807) is 13.2 Å². The van der Waals surface area contributed by atoms with Gasteiger partial charge in [0.05, 0.1) is 19.3 Å². The zero-order valence-electron chi connectivity index (χ0n) is 11.0. The van der Waals surface area contributed by atoms with E-state index in [2.05, 4.69) is 5.10 Å². The smallest absolute Gasteiger partial charge is 0.266 e. The van der Waals surface area contributed by atoms with Gasteiger partial charge >= 0.3 is 0 Å². The number of nitrogens with two attached hydrogens (primary N) is 1. The van der Waals surface area contributed by atoms with Crippen molar-refractivity contribution in [3.63, 3.8) is 0 Å². The van der Waals surface area contributed by atoms with Gasteiger partial charge < -0.3 is 10.5 Å². The lowest BCUT2D eigenvalue weighted by Crippen LogP contribution is -2.31. The van der Waals surface area contributed by atoms with Crippen LogP contribution in [0.3, 0.4) is 0 Å². The Morgan fingerprint density at radius 1 is 1.26 bits per heavy atom.